The van der Waals surface area contributed by atoms with Gasteiger partial charge in [0.1, 0.15) is 0 Å². The smallest absolute Gasteiger partial charge is 0.261 e. The Morgan fingerprint density at radius 3 is 2.93 bits per heavy atom. The molecule has 0 aliphatic rings. The predicted molar refractivity (Wildman–Crippen MR) is 113 cm³/mol. The maximum Gasteiger partial charge on any atom is 0.261 e. The first-order chi connectivity index (χ1) is 13.5. The number of nitrogens with zero attached hydrogens (tertiary/aromatic N) is 3. The first-order valence-corrected chi connectivity index (χ1v) is 9.95. The second kappa shape index (κ2) is 7.52. The van der Waals surface area contributed by atoms with E-state index in [1.807, 2.05) is 38.1 Å². The number of fused-ring (bicyclic) bond motifs is 2. The number of anilines is 1. The highest BCUT2D eigenvalue weighted by Crippen LogP contribution is 2.26. The molecule has 0 atom stereocenters. The van der Waals surface area contributed by atoms with E-state index in [1.165, 1.54) is 16.9 Å². The van der Waals surface area contributed by atoms with Crippen LogP contribution in [0, 0.1) is 13.8 Å². The van der Waals surface area contributed by atoms with E-state index in [4.69, 9.17) is 0 Å². The number of nitrogens with one attached hydrogen (secondary N) is 1. The van der Waals surface area contributed by atoms with E-state index in [2.05, 4.69) is 21.4 Å². The summed E-state index contributed by atoms with van der Waals surface area (Å²) in [5.74, 6) is -0.103. The van der Waals surface area contributed by atoms with Gasteiger partial charge in [0.05, 0.1) is 27.4 Å². The summed E-state index contributed by atoms with van der Waals surface area (Å²) in [7, 11) is 0. The van der Waals surface area contributed by atoms with Gasteiger partial charge in [0.2, 0.25) is 5.91 Å². The minimum Gasteiger partial charge on any atom is -0.302 e. The van der Waals surface area contributed by atoms with E-state index in [0.29, 0.717) is 29.9 Å². The lowest BCUT2D eigenvalue weighted by atomic mass is 10.1. The van der Waals surface area contributed by atoms with Gasteiger partial charge in [-0.2, -0.15) is 0 Å². The van der Waals surface area contributed by atoms with Gasteiger partial charge in [-0.1, -0.05) is 29.5 Å². The molecule has 1 N–H and O–H groups in total. The molecule has 4 rings (SSSR count). The molecule has 2 aromatic carbocycles. The van der Waals surface area contributed by atoms with E-state index in [1.54, 1.807) is 17.0 Å². The monoisotopic (exact) mass is 392 g/mol. The number of aryl methyl sites for hydroxylation is 3. The molecule has 0 spiro atoms. The molecular weight excluding hydrogens is 372 g/mol. The highest BCUT2D eigenvalue weighted by Gasteiger charge is 2.09. The van der Waals surface area contributed by atoms with E-state index >= 15 is 0 Å². The predicted octanol–water partition coefficient (Wildman–Crippen LogP) is 4.04. The lowest BCUT2D eigenvalue weighted by molar-refractivity contribution is -0.116. The van der Waals surface area contributed by atoms with Gasteiger partial charge in [-0.3, -0.25) is 14.2 Å². The average Bonchev–Trinajstić information content (AvgIpc) is 3.05. The van der Waals surface area contributed by atoms with Crippen molar-refractivity contribution in [2.24, 2.45) is 0 Å². The Morgan fingerprint density at radius 1 is 1.21 bits per heavy atom. The van der Waals surface area contributed by atoms with Crippen molar-refractivity contribution >= 4 is 43.5 Å². The van der Waals surface area contributed by atoms with Crippen LogP contribution in [0.15, 0.2) is 47.5 Å². The lowest BCUT2D eigenvalue weighted by Gasteiger charge is -2.07. The summed E-state index contributed by atoms with van der Waals surface area (Å²) in [4.78, 5) is 33.7. The van der Waals surface area contributed by atoms with E-state index in [-0.39, 0.29) is 11.5 Å². The van der Waals surface area contributed by atoms with Crippen LogP contribution in [-0.2, 0) is 11.3 Å². The van der Waals surface area contributed by atoms with Gasteiger partial charge in [0.15, 0.2) is 5.13 Å². The molecule has 28 heavy (non-hydrogen) atoms. The summed E-state index contributed by atoms with van der Waals surface area (Å²) >= 11 is 1.47. The van der Waals surface area contributed by atoms with Gasteiger partial charge in [0.25, 0.3) is 5.56 Å². The van der Waals surface area contributed by atoms with Crippen molar-refractivity contribution in [2.75, 3.05) is 5.32 Å². The van der Waals surface area contributed by atoms with E-state index in [9.17, 15) is 9.59 Å². The number of hydrogen-bond acceptors (Lipinski definition) is 5. The number of hydrogen-bond donors (Lipinski definition) is 1. The molecule has 0 aliphatic heterocycles. The zero-order valence-corrected chi connectivity index (χ0v) is 16.5. The van der Waals surface area contributed by atoms with Crippen LogP contribution in [-0.4, -0.2) is 20.4 Å². The summed E-state index contributed by atoms with van der Waals surface area (Å²) < 4.78 is 2.62. The lowest BCUT2D eigenvalue weighted by Crippen LogP contribution is -2.22. The first kappa shape index (κ1) is 18.3. The molecule has 2 heterocycles. The van der Waals surface area contributed by atoms with Crippen molar-refractivity contribution in [3.05, 3.63) is 64.2 Å². The Kier molecular flexibility index (Phi) is 4.92. The van der Waals surface area contributed by atoms with Crippen molar-refractivity contribution < 1.29 is 4.79 Å². The molecule has 0 saturated heterocycles. The minimum absolute atomic E-state index is 0.0735. The highest BCUT2D eigenvalue weighted by atomic mass is 32.1. The summed E-state index contributed by atoms with van der Waals surface area (Å²) in [5, 5.41) is 4.06. The van der Waals surface area contributed by atoms with Crippen LogP contribution in [0.25, 0.3) is 21.1 Å². The molecule has 0 aliphatic carbocycles. The molecule has 4 aromatic rings. The van der Waals surface area contributed by atoms with Gasteiger partial charge < -0.3 is 5.32 Å². The van der Waals surface area contributed by atoms with Crippen molar-refractivity contribution in [1.82, 2.24) is 14.5 Å². The number of aromatic nitrogens is 3. The van der Waals surface area contributed by atoms with Gasteiger partial charge in [-0.15, -0.1) is 0 Å². The highest BCUT2D eigenvalue weighted by molar-refractivity contribution is 7.22. The van der Waals surface area contributed by atoms with Crippen LogP contribution in [0.4, 0.5) is 5.13 Å². The van der Waals surface area contributed by atoms with Crippen LogP contribution in [0.1, 0.15) is 24.0 Å². The Bertz CT molecular complexity index is 1240. The fourth-order valence-corrected chi connectivity index (χ4v) is 4.15. The number of carbonyl (C=O) groups excluding carboxylic acids is 1. The fourth-order valence-electron chi connectivity index (χ4n) is 3.17. The third-order valence-corrected chi connectivity index (χ3v) is 5.58. The number of benzene rings is 2. The van der Waals surface area contributed by atoms with Crippen LogP contribution < -0.4 is 10.9 Å². The third-order valence-electron chi connectivity index (χ3n) is 4.65. The van der Waals surface area contributed by atoms with Crippen molar-refractivity contribution in [3.8, 4) is 0 Å². The second-order valence-corrected chi connectivity index (χ2v) is 7.89. The zero-order chi connectivity index (χ0) is 19.7. The molecule has 6 nitrogen and oxygen atoms in total. The first-order valence-electron chi connectivity index (χ1n) is 9.13. The quantitative estimate of drug-likeness (QED) is 0.556. The van der Waals surface area contributed by atoms with Gasteiger partial charge >= 0.3 is 0 Å². The standard InChI is InChI=1S/C21H20N4O2S/c1-13-8-9-16-17(11-13)28-21(23-16)24-18(26)7-4-10-25-12-22-19-14(2)5-3-6-15(19)20(25)27/h3,5-6,8-9,11-12H,4,7,10H2,1-2H3,(H,23,24,26). The topological polar surface area (TPSA) is 76.9 Å². The van der Waals surface area contributed by atoms with Crippen molar-refractivity contribution in [2.45, 2.75) is 33.2 Å². The average molecular weight is 392 g/mol. The Balaban J connectivity index is 1.39. The van der Waals surface area contributed by atoms with Gasteiger partial charge in [-0.25, -0.2) is 9.97 Å². The Labute approximate surface area is 165 Å². The molecular formula is C21H20N4O2S. The van der Waals surface area contributed by atoms with E-state index < -0.39 is 0 Å². The van der Waals surface area contributed by atoms with Crippen molar-refractivity contribution in [3.63, 3.8) is 0 Å². The summed E-state index contributed by atoms with van der Waals surface area (Å²) in [6, 6.07) is 11.6. The van der Waals surface area contributed by atoms with Crippen LogP contribution >= 0.6 is 11.3 Å². The number of para-hydroxylation sites is 1. The van der Waals surface area contributed by atoms with Crippen LogP contribution in [0.5, 0.6) is 0 Å². The molecule has 0 saturated carbocycles. The molecule has 142 valence electrons. The number of rotatable bonds is 5. The Morgan fingerprint density at radius 2 is 2.07 bits per heavy atom. The summed E-state index contributed by atoms with van der Waals surface area (Å²) in [6.45, 7) is 4.41. The SMILES string of the molecule is Cc1ccc2nc(NC(=O)CCCn3cnc4c(C)cccc4c3=O)sc2c1. The third kappa shape index (κ3) is 3.66. The van der Waals surface area contributed by atoms with Crippen molar-refractivity contribution in [1.29, 1.82) is 0 Å². The van der Waals surface area contributed by atoms with Crippen LogP contribution in [0.3, 0.4) is 0 Å². The largest absolute Gasteiger partial charge is 0.302 e. The Hall–Kier alpha value is -3.06. The summed E-state index contributed by atoms with van der Waals surface area (Å²) in [5.41, 5.74) is 3.68. The molecule has 2 aromatic heterocycles. The molecule has 0 radical (unpaired) electrons. The number of thiazole rings is 1. The molecule has 7 heteroatoms. The number of amides is 1. The summed E-state index contributed by atoms with van der Waals surface area (Å²) in [6.07, 6.45) is 2.42. The van der Waals surface area contributed by atoms with Crippen LogP contribution in [0.2, 0.25) is 0 Å². The second-order valence-electron chi connectivity index (χ2n) is 6.86. The fraction of sp³-hybridized carbons (Fsp3) is 0.238. The molecule has 1 amide bonds. The maximum atomic E-state index is 12.6. The van der Waals surface area contributed by atoms with E-state index in [0.717, 1.165) is 21.3 Å². The van der Waals surface area contributed by atoms with Gasteiger partial charge in [-0.05, 0) is 49.6 Å². The maximum absolute atomic E-state index is 12.6. The molecule has 0 fully saturated rings. The number of carbonyl (C=O) groups is 1. The van der Waals surface area contributed by atoms with Gasteiger partial charge in [0, 0.05) is 13.0 Å². The molecule has 0 unspecified atom stereocenters. The molecule has 0 bridgehead atoms. The zero-order valence-electron chi connectivity index (χ0n) is 15.7. The minimum atomic E-state index is -0.103. The normalized spacial score (nSPS) is 11.2.